The summed E-state index contributed by atoms with van der Waals surface area (Å²) >= 11 is 0. The summed E-state index contributed by atoms with van der Waals surface area (Å²) in [6.45, 7) is 4.06. The minimum absolute atomic E-state index is 0.255. The van der Waals surface area contributed by atoms with Gasteiger partial charge < -0.3 is 20.5 Å². The number of ether oxygens (including phenoxy) is 1. The van der Waals surface area contributed by atoms with Gasteiger partial charge >= 0.3 is 0 Å². The predicted octanol–water partition coefficient (Wildman–Crippen LogP) is 0.965. The number of carbonyl (C=O) groups excluding carboxylic acids is 1. The Hall–Kier alpha value is -1.96. The van der Waals surface area contributed by atoms with Crippen molar-refractivity contribution in [3.8, 4) is 0 Å². The quantitative estimate of drug-likeness (QED) is 0.744. The van der Waals surface area contributed by atoms with Crippen molar-refractivity contribution in [2.45, 2.75) is 43.4 Å². The standard InChI is InChI=1S/C19H26N4O3/c1-18(9-12-26-19(17(18)25)7-10-20-11-8-19)21-16(24)15-13-5-3-4-6-14(13)23(2)22-15/h3-6,17,20,25H,7-12H2,1-2H3,(H,21,24)/t17-,18+/m0/s1. The Morgan fingerprint density at radius 1 is 1.35 bits per heavy atom. The summed E-state index contributed by atoms with van der Waals surface area (Å²) in [7, 11) is 1.83. The molecule has 0 saturated carbocycles. The van der Waals surface area contributed by atoms with Crippen LogP contribution in [-0.4, -0.2) is 57.7 Å². The number of aliphatic hydroxyl groups excluding tert-OH is 1. The molecule has 1 spiro atoms. The number of hydrogen-bond donors (Lipinski definition) is 3. The number of hydrogen-bond acceptors (Lipinski definition) is 5. The van der Waals surface area contributed by atoms with Crippen LogP contribution in [0.15, 0.2) is 24.3 Å². The normalized spacial score (nSPS) is 28.3. The summed E-state index contributed by atoms with van der Waals surface area (Å²) in [6.07, 6.45) is 1.29. The van der Waals surface area contributed by atoms with E-state index in [1.54, 1.807) is 4.68 Å². The Kier molecular flexibility index (Phi) is 4.25. The highest BCUT2D eigenvalue weighted by Crippen LogP contribution is 2.38. The first-order valence-corrected chi connectivity index (χ1v) is 9.22. The SMILES string of the molecule is Cn1nc(C(=O)N[C@]2(C)CCOC3(CCNCC3)[C@H]2O)c2ccccc21. The van der Waals surface area contributed by atoms with Crippen molar-refractivity contribution in [3.05, 3.63) is 30.0 Å². The zero-order valence-electron chi connectivity index (χ0n) is 15.3. The van der Waals surface area contributed by atoms with Gasteiger partial charge in [-0.3, -0.25) is 9.48 Å². The maximum Gasteiger partial charge on any atom is 0.272 e. The third-order valence-electron chi connectivity index (χ3n) is 5.93. The van der Waals surface area contributed by atoms with Gasteiger partial charge in [-0.15, -0.1) is 0 Å². The molecule has 2 aliphatic rings. The molecule has 2 aliphatic heterocycles. The Morgan fingerprint density at radius 3 is 2.85 bits per heavy atom. The van der Waals surface area contributed by atoms with E-state index in [1.807, 2.05) is 38.2 Å². The van der Waals surface area contributed by atoms with Crippen molar-refractivity contribution < 1.29 is 14.6 Å². The van der Waals surface area contributed by atoms with Crippen molar-refractivity contribution >= 4 is 16.8 Å². The highest BCUT2D eigenvalue weighted by Gasteiger charge is 2.53. The van der Waals surface area contributed by atoms with E-state index >= 15 is 0 Å². The van der Waals surface area contributed by atoms with Crippen LogP contribution >= 0.6 is 0 Å². The van der Waals surface area contributed by atoms with Crippen LogP contribution in [0, 0.1) is 0 Å². The number of aromatic nitrogens is 2. The van der Waals surface area contributed by atoms with Gasteiger partial charge in [0.25, 0.3) is 5.91 Å². The van der Waals surface area contributed by atoms with Crippen molar-refractivity contribution in [1.29, 1.82) is 0 Å². The third-order valence-corrected chi connectivity index (χ3v) is 5.93. The molecule has 140 valence electrons. The number of nitrogens with one attached hydrogen (secondary N) is 2. The molecular weight excluding hydrogens is 332 g/mol. The average molecular weight is 358 g/mol. The van der Waals surface area contributed by atoms with E-state index < -0.39 is 17.2 Å². The lowest BCUT2D eigenvalue weighted by Gasteiger charge is -2.52. The van der Waals surface area contributed by atoms with E-state index in [0.29, 0.717) is 18.7 Å². The van der Waals surface area contributed by atoms with E-state index in [-0.39, 0.29) is 5.91 Å². The topological polar surface area (TPSA) is 88.4 Å². The Bertz CT molecular complexity index is 822. The summed E-state index contributed by atoms with van der Waals surface area (Å²) in [4.78, 5) is 13.0. The van der Waals surface area contributed by atoms with E-state index in [4.69, 9.17) is 4.74 Å². The molecule has 26 heavy (non-hydrogen) atoms. The molecule has 4 rings (SSSR count). The number of nitrogens with zero attached hydrogens (tertiary/aromatic N) is 2. The van der Waals surface area contributed by atoms with Crippen molar-refractivity contribution in [3.63, 3.8) is 0 Å². The lowest BCUT2D eigenvalue weighted by Crippen LogP contribution is -2.69. The lowest BCUT2D eigenvalue weighted by atomic mass is 9.73. The number of benzene rings is 1. The first kappa shape index (κ1) is 17.5. The van der Waals surface area contributed by atoms with Gasteiger partial charge in [0.15, 0.2) is 5.69 Å². The lowest BCUT2D eigenvalue weighted by molar-refractivity contribution is -0.197. The molecule has 0 bridgehead atoms. The fourth-order valence-electron chi connectivity index (χ4n) is 4.36. The highest BCUT2D eigenvalue weighted by molar-refractivity contribution is 6.05. The molecule has 7 nitrogen and oxygen atoms in total. The van der Waals surface area contributed by atoms with E-state index in [2.05, 4.69) is 15.7 Å². The van der Waals surface area contributed by atoms with E-state index in [9.17, 15) is 9.90 Å². The molecule has 2 saturated heterocycles. The van der Waals surface area contributed by atoms with Crippen LogP contribution in [0.5, 0.6) is 0 Å². The van der Waals surface area contributed by atoms with Crippen LogP contribution in [0.3, 0.4) is 0 Å². The van der Waals surface area contributed by atoms with Crippen LogP contribution in [0.2, 0.25) is 0 Å². The molecule has 1 aromatic carbocycles. The molecule has 1 amide bonds. The molecule has 7 heteroatoms. The second kappa shape index (κ2) is 6.33. The number of amides is 1. The average Bonchev–Trinajstić information content (AvgIpc) is 2.98. The molecule has 2 atom stereocenters. The molecule has 1 aromatic heterocycles. The first-order chi connectivity index (χ1) is 12.5. The van der Waals surface area contributed by atoms with Gasteiger partial charge in [0.05, 0.1) is 16.7 Å². The number of carbonyl (C=O) groups is 1. The molecule has 3 heterocycles. The molecule has 0 aliphatic carbocycles. The van der Waals surface area contributed by atoms with Crippen LogP contribution < -0.4 is 10.6 Å². The maximum absolute atomic E-state index is 13.0. The van der Waals surface area contributed by atoms with Crippen molar-refractivity contribution in [2.75, 3.05) is 19.7 Å². The number of para-hydroxylation sites is 1. The van der Waals surface area contributed by atoms with Gasteiger partial charge in [0.2, 0.25) is 0 Å². The monoisotopic (exact) mass is 358 g/mol. The summed E-state index contributed by atoms with van der Waals surface area (Å²) in [5.41, 5.74) is -0.0317. The molecule has 2 fully saturated rings. The summed E-state index contributed by atoms with van der Waals surface area (Å²) in [5, 5.41) is 22.7. The van der Waals surface area contributed by atoms with Gasteiger partial charge in [-0.2, -0.15) is 5.10 Å². The predicted molar refractivity (Wildman–Crippen MR) is 98.0 cm³/mol. The van der Waals surface area contributed by atoms with Crippen LogP contribution in [-0.2, 0) is 11.8 Å². The number of aliphatic hydroxyl groups is 1. The Morgan fingerprint density at radius 2 is 2.08 bits per heavy atom. The highest BCUT2D eigenvalue weighted by atomic mass is 16.5. The van der Waals surface area contributed by atoms with Gasteiger partial charge in [-0.05, 0) is 45.3 Å². The number of fused-ring (bicyclic) bond motifs is 1. The zero-order valence-corrected chi connectivity index (χ0v) is 15.3. The Balaban J connectivity index is 1.61. The molecule has 0 radical (unpaired) electrons. The third kappa shape index (κ3) is 2.71. The van der Waals surface area contributed by atoms with Gasteiger partial charge in [-0.1, -0.05) is 18.2 Å². The van der Waals surface area contributed by atoms with Crippen LogP contribution in [0.25, 0.3) is 10.9 Å². The van der Waals surface area contributed by atoms with Crippen molar-refractivity contribution in [1.82, 2.24) is 20.4 Å². The minimum Gasteiger partial charge on any atom is -0.388 e. The summed E-state index contributed by atoms with van der Waals surface area (Å²) in [5.74, 6) is -0.255. The molecule has 3 N–H and O–H groups in total. The number of rotatable bonds is 2. The fourth-order valence-corrected chi connectivity index (χ4v) is 4.36. The Labute approximate surface area is 152 Å². The largest absolute Gasteiger partial charge is 0.388 e. The van der Waals surface area contributed by atoms with Crippen LogP contribution in [0.4, 0.5) is 0 Å². The number of piperidine rings is 1. The minimum atomic E-state index is -0.759. The van der Waals surface area contributed by atoms with Gasteiger partial charge in [-0.25, -0.2) is 0 Å². The summed E-state index contributed by atoms with van der Waals surface area (Å²) in [6, 6.07) is 7.66. The van der Waals surface area contributed by atoms with Gasteiger partial charge in [0.1, 0.15) is 6.10 Å². The van der Waals surface area contributed by atoms with Gasteiger partial charge in [0, 0.05) is 19.0 Å². The maximum atomic E-state index is 13.0. The molecule has 2 aromatic rings. The number of aryl methyl sites for hydroxylation is 1. The molecule has 0 unspecified atom stereocenters. The first-order valence-electron chi connectivity index (χ1n) is 9.22. The smallest absolute Gasteiger partial charge is 0.272 e. The van der Waals surface area contributed by atoms with E-state index in [1.165, 1.54) is 0 Å². The van der Waals surface area contributed by atoms with Crippen LogP contribution in [0.1, 0.15) is 36.7 Å². The second-order valence-corrected chi connectivity index (χ2v) is 7.68. The summed E-state index contributed by atoms with van der Waals surface area (Å²) < 4.78 is 7.72. The second-order valence-electron chi connectivity index (χ2n) is 7.68. The zero-order chi connectivity index (χ0) is 18.4. The van der Waals surface area contributed by atoms with Crippen molar-refractivity contribution in [2.24, 2.45) is 7.05 Å². The molecular formula is C19H26N4O3. The fraction of sp³-hybridized carbons (Fsp3) is 0.579. The van der Waals surface area contributed by atoms with E-state index in [0.717, 1.165) is 36.8 Å².